The number of likely N-dealkylation sites (N-methyl/N-ethyl adjacent to an activating group) is 2. The quantitative estimate of drug-likeness (QED) is 0.922. The zero-order valence-electron chi connectivity index (χ0n) is 13.3. The van der Waals surface area contributed by atoms with E-state index in [0.717, 1.165) is 19.1 Å². The SMILES string of the molecule is CNC1c2ccccc2CCC1N(C)CC1CCOCC1. The van der Waals surface area contributed by atoms with Gasteiger partial charge in [0.15, 0.2) is 0 Å². The van der Waals surface area contributed by atoms with E-state index < -0.39 is 0 Å². The summed E-state index contributed by atoms with van der Waals surface area (Å²) < 4.78 is 5.48. The molecule has 3 heteroatoms. The molecule has 21 heavy (non-hydrogen) atoms. The standard InChI is InChI=1S/C18H28N2O/c1-19-18-16-6-4-3-5-15(16)7-8-17(18)20(2)13-14-9-11-21-12-10-14/h3-6,14,17-19H,7-13H2,1-2H3. The zero-order chi connectivity index (χ0) is 14.7. The minimum Gasteiger partial charge on any atom is -0.381 e. The van der Waals surface area contributed by atoms with Crippen LogP contribution in [0.5, 0.6) is 0 Å². The third-order valence-electron chi connectivity index (χ3n) is 5.25. The lowest BCUT2D eigenvalue weighted by atomic mass is 9.83. The molecule has 1 saturated heterocycles. The van der Waals surface area contributed by atoms with Crippen molar-refractivity contribution in [2.24, 2.45) is 5.92 Å². The van der Waals surface area contributed by atoms with E-state index in [1.165, 1.54) is 43.4 Å². The van der Waals surface area contributed by atoms with Crippen molar-refractivity contribution >= 4 is 0 Å². The molecule has 1 N–H and O–H groups in total. The largest absolute Gasteiger partial charge is 0.381 e. The highest BCUT2D eigenvalue weighted by Crippen LogP contribution is 2.33. The number of nitrogens with one attached hydrogen (secondary N) is 1. The fraction of sp³-hybridized carbons (Fsp3) is 0.667. The minimum atomic E-state index is 0.458. The maximum absolute atomic E-state index is 5.48. The first-order valence-corrected chi connectivity index (χ1v) is 8.32. The molecule has 1 aliphatic carbocycles. The lowest BCUT2D eigenvalue weighted by Gasteiger charge is -2.41. The van der Waals surface area contributed by atoms with Crippen LogP contribution < -0.4 is 5.32 Å². The van der Waals surface area contributed by atoms with Crippen molar-refractivity contribution in [3.63, 3.8) is 0 Å². The Labute approximate surface area is 128 Å². The molecule has 0 aromatic heterocycles. The summed E-state index contributed by atoms with van der Waals surface area (Å²) in [6, 6.07) is 9.98. The van der Waals surface area contributed by atoms with Crippen LogP contribution in [-0.2, 0) is 11.2 Å². The lowest BCUT2D eigenvalue weighted by Crippen LogP contribution is -2.46. The first-order chi connectivity index (χ1) is 10.3. The van der Waals surface area contributed by atoms with Gasteiger partial charge in [-0.15, -0.1) is 0 Å². The number of fused-ring (bicyclic) bond motifs is 1. The van der Waals surface area contributed by atoms with Gasteiger partial charge >= 0.3 is 0 Å². The van der Waals surface area contributed by atoms with Gasteiger partial charge < -0.3 is 15.0 Å². The van der Waals surface area contributed by atoms with Crippen LogP contribution in [0, 0.1) is 5.92 Å². The molecule has 2 atom stereocenters. The fourth-order valence-electron chi connectivity index (χ4n) is 4.04. The lowest BCUT2D eigenvalue weighted by molar-refractivity contribution is 0.0457. The first kappa shape index (κ1) is 15.0. The first-order valence-electron chi connectivity index (χ1n) is 8.32. The molecule has 1 aliphatic heterocycles. The number of aryl methyl sites for hydroxylation is 1. The monoisotopic (exact) mass is 288 g/mol. The topological polar surface area (TPSA) is 24.5 Å². The normalized spacial score (nSPS) is 26.8. The molecule has 1 aromatic rings. The number of hydrogen-bond acceptors (Lipinski definition) is 3. The average Bonchev–Trinajstić information content (AvgIpc) is 2.54. The maximum Gasteiger partial charge on any atom is 0.0478 e. The summed E-state index contributed by atoms with van der Waals surface area (Å²) in [7, 11) is 4.40. The van der Waals surface area contributed by atoms with Crippen LogP contribution in [0.1, 0.15) is 36.4 Å². The second-order valence-corrected chi connectivity index (χ2v) is 6.57. The Morgan fingerprint density at radius 3 is 2.71 bits per heavy atom. The number of benzene rings is 1. The van der Waals surface area contributed by atoms with Crippen molar-refractivity contribution in [3.05, 3.63) is 35.4 Å². The number of nitrogens with zero attached hydrogens (tertiary/aromatic N) is 1. The molecule has 2 unspecified atom stereocenters. The summed E-state index contributed by atoms with van der Waals surface area (Å²) in [5.74, 6) is 0.804. The average molecular weight is 288 g/mol. The van der Waals surface area contributed by atoms with E-state index in [4.69, 9.17) is 4.74 Å². The Hall–Kier alpha value is -0.900. The zero-order valence-corrected chi connectivity index (χ0v) is 13.3. The van der Waals surface area contributed by atoms with Crippen LogP contribution in [0.3, 0.4) is 0 Å². The highest BCUT2D eigenvalue weighted by Gasteiger charge is 2.31. The fourth-order valence-corrected chi connectivity index (χ4v) is 4.04. The molecule has 0 amide bonds. The van der Waals surface area contributed by atoms with E-state index in [9.17, 15) is 0 Å². The number of ether oxygens (including phenoxy) is 1. The molecule has 3 rings (SSSR count). The smallest absolute Gasteiger partial charge is 0.0478 e. The van der Waals surface area contributed by atoms with E-state index >= 15 is 0 Å². The van der Waals surface area contributed by atoms with E-state index in [1.54, 1.807) is 0 Å². The van der Waals surface area contributed by atoms with Crippen LogP contribution in [0.15, 0.2) is 24.3 Å². The van der Waals surface area contributed by atoms with Crippen LogP contribution in [0.2, 0.25) is 0 Å². The van der Waals surface area contributed by atoms with Crippen molar-refractivity contribution in [2.75, 3.05) is 33.9 Å². The minimum absolute atomic E-state index is 0.458. The van der Waals surface area contributed by atoms with Crippen molar-refractivity contribution in [1.82, 2.24) is 10.2 Å². The van der Waals surface area contributed by atoms with Crippen molar-refractivity contribution < 1.29 is 4.74 Å². The van der Waals surface area contributed by atoms with Gasteiger partial charge in [-0.1, -0.05) is 24.3 Å². The molecule has 1 aromatic carbocycles. The summed E-state index contributed by atoms with van der Waals surface area (Å²) in [4.78, 5) is 2.59. The molecule has 0 bridgehead atoms. The molecule has 3 nitrogen and oxygen atoms in total. The Balaban J connectivity index is 1.69. The summed E-state index contributed by atoms with van der Waals surface area (Å²) in [5.41, 5.74) is 3.02. The van der Waals surface area contributed by atoms with Gasteiger partial charge in [0.1, 0.15) is 0 Å². The molecular formula is C18H28N2O. The van der Waals surface area contributed by atoms with Gasteiger partial charge in [-0.2, -0.15) is 0 Å². The molecule has 1 fully saturated rings. The third-order valence-corrected chi connectivity index (χ3v) is 5.25. The Morgan fingerprint density at radius 2 is 1.95 bits per heavy atom. The summed E-state index contributed by atoms with van der Waals surface area (Å²) in [5, 5.41) is 3.56. The Bertz CT molecular complexity index is 456. The number of rotatable bonds is 4. The third kappa shape index (κ3) is 3.31. The van der Waals surface area contributed by atoms with Crippen LogP contribution in [0.4, 0.5) is 0 Å². The van der Waals surface area contributed by atoms with Gasteiger partial charge in [0.05, 0.1) is 0 Å². The van der Waals surface area contributed by atoms with Crippen LogP contribution >= 0.6 is 0 Å². The molecular weight excluding hydrogens is 260 g/mol. The molecule has 116 valence electrons. The van der Waals surface area contributed by atoms with E-state index in [-0.39, 0.29) is 0 Å². The Kier molecular flexibility index (Phi) is 4.94. The van der Waals surface area contributed by atoms with Crippen molar-refractivity contribution in [1.29, 1.82) is 0 Å². The number of hydrogen-bond donors (Lipinski definition) is 1. The van der Waals surface area contributed by atoms with Crippen molar-refractivity contribution in [2.45, 2.75) is 37.8 Å². The van der Waals surface area contributed by atoms with Gasteiger partial charge in [0, 0.05) is 31.8 Å². The highest BCUT2D eigenvalue weighted by molar-refractivity contribution is 5.33. The van der Waals surface area contributed by atoms with E-state index in [0.29, 0.717) is 12.1 Å². The summed E-state index contributed by atoms with van der Waals surface area (Å²) in [6.45, 7) is 3.09. The highest BCUT2D eigenvalue weighted by atomic mass is 16.5. The summed E-state index contributed by atoms with van der Waals surface area (Å²) >= 11 is 0. The maximum atomic E-state index is 5.48. The van der Waals surface area contributed by atoms with Gasteiger partial charge in [-0.3, -0.25) is 0 Å². The van der Waals surface area contributed by atoms with Gasteiger partial charge in [0.2, 0.25) is 0 Å². The summed E-state index contributed by atoms with van der Waals surface area (Å²) in [6.07, 6.45) is 4.90. The van der Waals surface area contributed by atoms with E-state index in [1.807, 2.05) is 0 Å². The second kappa shape index (κ2) is 6.91. The van der Waals surface area contributed by atoms with Gasteiger partial charge in [-0.05, 0) is 56.8 Å². The van der Waals surface area contributed by atoms with Gasteiger partial charge in [-0.25, -0.2) is 0 Å². The predicted octanol–water partition coefficient (Wildman–Crippen LogP) is 2.62. The Morgan fingerprint density at radius 1 is 1.19 bits per heavy atom. The van der Waals surface area contributed by atoms with E-state index in [2.05, 4.69) is 48.6 Å². The second-order valence-electron chi connectivity index (χ2n) is 6.57. The predicted molar refractivity (Wildman–Crippen MR) is 86.5 cm³/mol. The molecule has 0 saturated carbocycles. The van der Waals surface area contributed by atoms with Crippen molar-refractivity contribution in [3.8, 4) is 0 Å². The molecule has 0 radical (unpaired) electrons. The molecule has 0 spiro atoms. The molecule has 2 aliphatic rings. The molecule has 1 heterocycles. The van der Waals surface area contributed by atoms with Gasteiger partial charge in [0.25, 0.3) is 0 Å². The van der Waals surface area contributed by atoms with Crippen LogP contribution in [0.25, 0.3) is 0 Å². The van der Waals surface area contributed by atoms with Crippen LogP contribution in [-0.4, -0.2) is 44.8 Å².